The van der Waals surface area contributed by atoms with Gasteiger partial charge >= 0.3 is 0 Å². The van der Waals surface area contributed by atoms with Crippen molar-refractivity contribution < 1.29 is 0 Å². The van der Waals surface area contributed by atoms with E-state index in [2.05, 4.69) is 23.2 Å². The fraction of sp³-hybridized carbons (Fsp3) is 0.0625. The second-order valence-electron chi connectivity index (χ2n) is 4.32. The van der Waals surface area contributed by atoms with Gasteiger partial charge in [0.15, 0.2) is 0 Å². The number of hydrogen-bond donors (Lipinski definition) is 0. The lowest BCUT2D eigenvalue weighted by molar-refractivity contribution is 1.24. The average Bonchev–Trinajstić information content (AvgIpc) is 2.39. The van der Waals surface area contributed by atoms with Crippen LogP contribution in [-0.4, -0.2) is 4.98 Å². The van der Waals surface area contributed by atoms with Crippen molar-refractivity contribution in [2.45, 2.75) is 6.92 Å². The van der Waals surface area contributed by atoms with Crippen LogP contribution in [0.3, 0.4) is 0 Å². The van der Waals surface area contributed by atoms with Crippen LogP contribution < -0.4 is 0 Å². The smallest absolute Gasteiger partial charge is 0.0712 e. The Balaban J connectivity index is 2.24. The molecular formula is C16H12ClN. The monoisotopic (exact) mass is 253 g/mol. The van der Waals surface area contributed by atoms with Crippen LogP contribution in [0.4, 0.5) is 0 Å². The topological polar surface area (TPSA) is 12.9 Å². The van der Waals surface area contributed by atoms with Crippen molar-refractivity contribution in [3.63, 3.8) is 0 Å². The van der Waals surface area contributed by atoms with Crippen molar-refractivity contribution in [3.05, 3.63) is 65.3 Å². The summed E-state index contributed by atoms with van der Waals surface area (Å²) in [4.78, 5) is 4.65. The van der Waals surface area contributed by atoms with E-state index in [4.69, 9.17) is 11.6 Å². The zero-order valence-corrected chi connectivity index (χ0v) is 10.8. The largest absolute Gasteiger partial charge is 0.252 e. The van der Waals surface area contributed by atoms with Crippen LogP contribution in [-0.2, 0) is 0 Å². The molecule has 0 amide bonds. The van der Waals surface area contributed by atoms with Crippen molar-refractivity contribution >= 4 is 22.4 Å². The van der Waals surface area contributed by atoms with Gasteiger partial charge in [0, 0.05) is 21.7 Å². The summed E-state index contributed by atoms with van der Waals surface area (Å²) < 4.78 is 0. The zero-order chi connectivity index (χ0) is 12.5. The first-order valence-electron chi connectivity index (χ1n) is 5.86. The van der Waals surface area contributed by atoms with Gasteiger partial charge in [-0.3, -0.25) is 4.98 Å². The first-order valence-corrected chi connectivity index (χ1v) is 6.24. The van der Waals surface area contributed by atoms with Crippen LogP contribution >= 0.6 is 11.6 Å². The maximum Gasteiger partial charge on any atom is 0.0712 e. The standard InChI is InChI=1S/C16H12ClN/c1-11-15-8-3-2-5-12(15)10-16(18-11)13-6-4-7-14(17)9-13/h2-10H,1H3. The van der Waals surface area contributed by atoms with E-state index in [-0.39, 0.29) is 0 Å². The van der Waals surface area contributed by atoms with Crippen LogP contribution in [0.2, 0.25) is 5.02 Å². The summed E-state index contributed by atoms with van der Waals surface area (Å²) in [7, 11) is 0. The molecule has 0 spiro atoms. The lowest BCUT2D eigenvalue weighted by Crippen LogP contribution is -1.89. The van der Waals surface area contributed by atoms with Crippen LogP contribution in [0.1, 0.15) is 5.69 Å². The van der Waals surface area contributed by atoms with Gasteiger partial charge in [-0.2, -0.15) is 0 Å². The van der Waals surface area contributed by atoms with Crippen LogP contribution in [0.25, 0.3) is 22.0 Å². The highest BCUT2D eigenvalue weighted by Crippen LogP contribution is 2.26. The molecule has 0 N–H and O–H groups in total. The number of halogens is 1. The third-order valence-corrected chi connectivity index (χ3v) is 3.29. The molecule has 0 bridgehead atoms. The molecule has 18 heavy (non-hydrogen) atoms. The van der Waals surface area contributed by atoms with E-state index in [1.807, 2.05) is 43.3 Å². The summed E-state index contributed by atoms with van der Waals surface area (Å²) in [6.45, 7) is 2.04. The number of nitrogens with zero attached hydrogens (tertiary/aromatic N) is 1. The van der Waals surface area contributed by atoms with Crippen molar-refractivity contribution in [2.24, 2.45) is 0 Å². The van der Waals surface area contributed by atoms with Gasteiger partial charge in [-0.15, -0.1) is 0 Å². The van der Waals surface area contributed by atoms with Gasteiger partial charge < -0.3 is 0 Å². The molecule has 1 nitrogen and oxygen atoms in total. The Morgan fingerprint density at radius 2 is 1.78 bits per heavy atom. The maximum absolute atomic E-state index is 6.02. The molecule has 1 heterocycles. The molecule has 0 atom stereocenters. The number of aryl methyl sites for hydroxylation is 1. The molecule has 0 saturated carbocycles. The molecule has 3 rings (SSSR count). The minimum atomic E-state index is 0.736. The van der Waals surface area contributed by atoms with Crippen molar-refractivity contribution in [3.8, 4) is 11.3 Å². The van der Waals surface area contributed by atoms with Gasteiger partial charge in [-0.25, -0.2) is 0 Å². The van der Waals surface area contributed by atoms with Gasteiger partial charge in [0.25, 0.3) is 0 Å². The van der Waals surface area contributed by atoms with Crippen LogP contribution in [0, 0.1) is 6.92 Å². The molecule has 0 aliphatic carbocycles. The van der Waals surface area contributed by atoms with E-state index in [1.54, 1.807) is 0 Å². The number of benzene rings is 2. The number of rotatable bonds is 1. The lowest BCUT2D eigenvalue weighted by Gasteiger charge is -2.06. The normalized spacial score (nSPS) is 10.8. The Hall–Kier alpha value is -1.86. The third-order valence-electron chi connectivity index (χ3n) is 3.05. The summed E-state index contributed by atoms with van der Waals surface area (Å²) in [5.41, 5.74) is 3.06. The van der Waals surface area contributed by atoms with E-state index in [9.17, 15) is 0 Å². The van der Waals surface area contributed by atoms with Crippen LogP contribution in [0.5, 0.6) is 0 Å². The zero-order valence-electron chi connectivity index (χ0n) is 10.0. The maximum atomic E-state index is 6.02. The van der Waals surface area contributed by atoms with Crippen LogP contribution in [0.15, 0.2) is 54.6 Å². The van der Waals surface area contributed by atoms with Crippen molar-refractivity contribution in [2.75, 3.05) is 0 Å². The minimum absolute atomic E-state index is 0.736. The predicted octanol–water partition coefficient (Wildman–Crippen LogP) is 4.86. The Bertz CT molecular complexity index is 719. The van der Waals surface area contributed by atoms with Gasteiger partial charge in [0.1, 0.15) is 0 Å². The molecule has 2 heteroatoms. The van der Waals surface area contributed by atoms with E-state index in [1.165, 1.54) is 10.8 Å². The molecule has 2 aromatic carbocycles. The minimum Gasteiger partial charge on any atom is -0.252 e. The van der Waals surface area contributed by atoms with Gasteiger partial charge in [-0.05, 0) is 30.5 Å². The highest BCUT2D eigenvalue weighted by Gasteiger charge is 2.04. The number of fused-ring (bicyclic) bond motifs is 1. The molecule has 0 fully saturated rings. The molecule has 88 valence electrons. The summed E-state index contributed by atoms with van der Waals surface area (Å²) in [6.07, 6.45) is 0. The quantitative estimate of drug-likeness (QED) is 0.603. The lowest BCUT2D eigenvalue weighted by atomic mass is 10.1. The Morgan fingerprint density at radius 1 is 0.944 bits per heavy atom. The highest BCUT2D eigenvalue weighted by atomic mass is 35.5. The van der Waals surface area contributed by atoms with Gasteiger partial charge in [0.05, 0.1) is 5.69 Å². The molecule has 0 aliphatic heterocycles. The Kier molecular flexibility index (Phi) is 2.77. The summed E-state index contributed by atoms with van der Waals surface area (Å²) in [5.74, 6) is 0. The summed E-state index contributed by atoms with van der Waals surface area (Å²) in [5, 5.41) is 3.14. The molecular weight excluding hydrogens is 242 g/mol. The molecule has 0 saturated heterocycles. The molecule has 0 aliphatic rings. The molecule has 0 unspecified atom stereocenters. The first-order chi connectivity index (χ1) is 8.74. The van der Waals surface area contributed by atoms with Gasteiger partial charge in [0.2, 0.25) is 0 Å². The highest BCUT2D eigenvalue weighted by molar-refractivity contribution is 6.30. The van der Waals surface area contributed by atoms with E-state index in [0.717, 1.165) is 22.0 Å². The molecule has 0 radical (unpaired) electrons. The third kappa shape index (κ3) is 1.98. The van der Waals surface area contributed by atoms with Crippen molar-refractivity contribution in [1.29, 1.82) is 0 Å². The summed E-state index contributed by atoms with van der Waals surface area (Å²) >= 11 is 6.02. The Morgan fingerprint density at radius 3 is 2.61 bits per heavy atom. The predicted molar refractivity (Wildman–Crippen MR) is 76.9 cm³/mol. The average molecular weight is 254 g/mol. The molecule has 1 aromatic heterocycles. The second-order valence-corrected chi connectivity index (χ2v) is 4.76. The van der Waals surface area contributed by atoms with Crippen molar-refractivity contribution in [1.82, 2.24) is 4.98 Å². The second kappa shape index (κ2) is 4.43. The van der Waals surface area contributed by atoms with E-state index >= 15 is 0 Å². The van der Waals surface area contributed by atoms with Gasteiger partial charge in [-0.1, -0.05) is 48.0 Å². The fourth-order valence-electron chi connectivity index (χ4n) is 2.17. The Labute approximate surface area is 111 Å². The van der Waals surface area contributed by atoms with E-state index < -0.39 is 0 Å². The SMILES string of the molecule is Cc1nc(-c2cccc(Cl)c2)cc2ccccc12. The number of hydrogen-bond acceptors (Lipinski definition) is 1. The first kappa shape index (κ1) is 11.2. The number of aromatic nitrogens is 1. The number of pyridine rings is 1. The summed E-state index contributed by atoms with van der Waals surface area (Å²) in [6, 6.07) is 18.2. The molecule has 3 aromatic rings. The fourth-order valence-corrected chi connectivity index (χ4v) is 2.36. The van der Waals surface area contributed by atoms with E-state index in [0.29, 0.717) is 0 Å².